The Morgan fingerprint density at radius 1 is 1.07 bits per heavy atom. The van der Waals surface area contributed by atoms with Crippen molar-refractivity contribution in [3.8, 4) is 0 Å². The number of benzene rings is 1. The van der Waals surface area contributed by atoms with E-state index in [1.165, 1.54) is 0 Å². The van der Waals surface area contributed by atoms with Gasteiger partial charge in [0.05, 0.1) is 0 Å². The van der Waals surface area contributed by atoms with E-state index in [9.17, 15) is 0 Å². The van der Waals surface area contributed by atoms with Gasteiger partial charge < -0.3 is 0 Å². The maximum absolute atomic E-state index is 6.45. The summed E-state index contributed by atoms with van der Waals surface area (Å²) < 4.78 is -0.866. The van der Waals surface area contributed by atoms with Gasteiger partial charge in [-0.25, -0.2) is 0 Å². The quantitative estimate of drug-likeness (QED) is 0.574. The molecule has 1 aromatic carbocycles. The van der Waals surface area contributed by atoms with Gasteiger partial charge in [-0.05, 0) is 22.1 Å². The molecule has 0 unspecified atom stereocenters. The van der Waals surface area contributed by atoms with Crippen LogP contribution < -0.4 is 0 Å². The Hall–Kier alpha value is -0.460. The Morgan fingerprint density at radius 2 is 1.67 bits per heavy atom. The molecule has 1 aromatic rings. The van der Waals surface area contributed by atoms with Gasteiger partial charge in [-0.2, -0.15) is 0 Å². The summed E-state index contributed by atoms with van der Waals surface area (Å²) in [5.74, 6) is 0. The first-order chi connectivity index (χ1) is 6.83. The molecule has 2 rings (SSSR count). The number of allylic oxidation sites excluding steroid dienone is 1. The monoisotopic (exact) mass is 240 g/mol. The maximum atomic E-state index is 6.45. The summed E-state index contributed by atoms with van der Waals surface area (Å²) in [6.45, 7) is 6.39. The van der Waals surface area contributed by atoms with Crippen molar-refractivity contribution in [1.29, 1.82) is 0 Å². The number of fused-ring (bicyclic) bond motifs is 1. The van der Waals surface area contributed by atoms with E-state index in [1.807, 2.05) is 24.3 Å². The zero-order chi connectivity index (χ0) is 11.3. The zero-order valence-electron chi connectivity index (χ0n) is 9.14. The van der Waals surface area contributed by atoms with Crippen molar-refractivity contribution < 1.29 is 0 Å². The van der Waals surface area contributed by atoms with Crippen LogP contribution in [0.25, 0.3) is 6.08 Å². The van der Waals surface area contributed by atoms with Crippen molar-refractivity contribution in [2.24, 2.45) is 5.41 Å². The number of hydrogen-bond acceptors (Lipinski definition) is 0. The zero-order valence-corrected chi connectivity index (χ0v) is 10.7. The van der Waals surface area contributed by atoms with Gasteiger partial charge in [-0.1, -0.05) is 74.3 Å². The van der Waals surface area contributed by atoms with E-state index >= 15 is 0 Å². The van der Waals surface area contributed by atoms with E-state index in [4.69, 9.17) is 23.2 Å². The number of alkyl halides is 2. The molecule has 0 nitrogen and oxygen atoms in total. The molecule has 0 bridgehead atoms. The van der Waals surface area contributed by atoms with Crippen LogP contribution in [-0.2, 0) is 4.33 Å². The fourth-order valence-electron chi connectivity index (χ4n) is 1.99. The number of hydrogen-bond donors (Lipinski definition) is 0. The maximum Gasteiger partial charge on any atom is 0.165 e. The normalized spacial score (nSPS) is 18.6. The highest BCUT2D eigenvalue weighted by atomic mass is 35.5. The molecule has 15 heavy (non-hydrogen) atoms. The van der Waals surface area contributed by atoms with Crippen LogP contribution in [0.2, 0.25) is 0 Å². The molecule has 0 spiro atoms. The second-order valence-corrected chi connectivity index (χ2v) is 6.30. The van der Waals surface area contributed by atoms with Crippen LogP contribution in [0.15, 0.2) is 29.8 Å². The van der Waals surface area contributed by atoms with Crippen LogP contribution in [0.4, 0.5) is 0 Å². The first-order valence-corrected chi connectivity index (χ1v) is 5.79. The molecule has 0 saturated carbocycles. The minimum atomic E-state index is -0.866. The Morgan fingerprint density at radius 3 is 2.20 bits per heavy atom. The van der Waals surface area contributed by atoms with E-state index in [2.05, 4.69) is 26.8 Å². The van der Waals surface area contributed by atoms with Gasteiger partial charge in [0.1, 0.15) is 0 Å². The van der Waals surface area contributed by atoms with E-state index in [1.54, 1.807) is 0 Å². The lowest BCUT2D eigenvalue weighted by Crippen LogP contribution is -2.21. The van der Waals surface area contributed by atoms with Crippen LogP contribution in [0.3, 0.4) is 0 Å². The van der Waals surface area contributed by atoms with Gasteiger partial charge in [0.2, 0.25) is 0 Å². The summed E-state index contributed by atoms with van der Waals surface area (Å²) >= 11 is 12.9. The third-order valence-corrected chi connectivity index (χ3v) is 3.56. The average molecular weight is 241 g/mol. The molecule has 2 heteroatoms. The Balaban J connectivity index is 2.59. The summed E-state index contributed by atoms with van der Waals surface area (Å²) in [6, 6.07) is 8.01. The van der Waals surface area contributed by atoms with Gasteiger partial charge in [0, 0.05) is 0 Å². The fraction of sp³-hybridized carbons (Fsp3) is 0.385. The van der Waals surface area contributed by atoms with Crippen molar-refractivity contribution in [2.45, 2.75) is 25.1 Å². The third-order valence-electron chi connectivity index (χ3n) is 2.75. The second kappa shape index (κ2) is 3.26. The Bertz CT molecular complexity index is 422. The average Bonchev–Trinajstić information content (AvgIpc) is 2.39. The molecule has 80 valence electrons. The standard InChI is InChI=1S/C13H14Cl2/c1-12(2,3)11-8-9-6-4-5-7-10(9)13(11,14)15/h4-8H,1-3H3. The predicted octanol–water partition coefficient (Wildman–Crippen LogP) is 4.76. The van der Waals surface area contributed by atoms with Gasteiger partial charge in [0.15, 0.2) is 4.33 Å². The lowest BCUT2D eigenvalue weighted by atomic mass is 9.85. The first kappa shape index (κ1) is 11.0. The summed E-state index contributed by atoms with van der Waals surface area (Å²) in [4.78, 5) is 0. The molecule has 0 radical (unpaired) electrons. The Labute approximate surface area is 101 Å². The molecular formula is C13H14Cl2. The highest BCUT2D eigenvalue weighted by Gasteiger charge is 2.42. The molecule has 0 atom stereocenters. The van der Waals surface area contributed by atoms with Crippen LogP contribution in [0.1, 0.15) is 31.9 Å². The molecule has 0 amide bonds. The van der Waals surface area contributed by atoms with Gasteiger partial charge in [-0.3, -0.25) is 0 Å². The van der Waals surface area contributed by atoms with Crippen LogP contribution in [0.5, 0.6) is 0 Å². The van der Waals surface area contributed by atoms with E-state index in [0.29, 0.717) is 0 Å². The third kappa shape index (κ3) is 1.70. The lowest BCUT2D eigenvalue weighted by molar-refractivity contribution is 0.486. The summed E-state index contributed by atoms with van der Waals surface area (Å²) in [6.07, 6.45) is 2.11. The molecule has 0 fully saturated rings. The topological polar surface area (TPSA) is 0 Å². The summed E-state index contributed by atoms with van der Waals surface area (Å²) in [5.41, 5.74) is 3.19. The Kier molecular flexibility index (Phi) is 2.40. The molecule has 0 aromatic heterocycles. The fourth-order valence-corrected chi connectivity index (χ4v) is 3.01. The highest BCUT2D eigenvalue weighted by molar-refractivity contribution is 6.51. The SMILES string of the molecule is CC(C)(C)C1=Cc2ccccc2C1(Cl)Cl. The first-order valence-electron chi connectivity index (χ1n) is 5.03. The number of halogens is 2. The molecule has 0 aliphatic heterocycles. The lowest BCUT2D eigenvalue weighted by Gasteiger charge is -2.29. The second-order valence-electron chi connectivity index (χ2n) is 4.97. The number of rotatable bonds is 0. The highest BCUT2D eigenvalue weighted by Crippen LogP contribution is 2.54. The molecule has 1 aliphatic rings. The largest absolute Gasteiger partial charge is 0.165 e. The van der Waals surface area contributed by atoms with Gasteiger partial charge in [-0.15, -0.1) is 0 Å². The van der Waals surface area contributed by atoms with Crippen molar-refractivity contribution in [2.75, 3.05) is 0 Å². The molecule has 0 saturated heterocycles. The minimum Gasteiger partial charge on any atom is -0.0912 e. The minimum absolute atomic E-state index is 0.0114. The van der Waals surface area contributed by atoms with Crippen molar-refractivity contribution in [3.05, 3.63) is 41.0 Å². The summed E-state index contributed by atoms with van der Waals surface area (Å²) in [5, 5.41) is 0. The van der Waals surface area contributed by atoms with Crippen molar-refractivity contribution in [3.63, 3.8) is 0 Å². The van der Waals surface area contributed by atoms with Crippen molar-refractivity contribution in [1.82, 2.24) is 0 Å². The molecular weight excluding hydrogens is 227 g/mol. The summed E-state index contributed by atoms with van der Waals surface area (Å²) in [7, 11) is 0. The van der Waals surface area contributed by atoms with E-state index in [0.717, 1.165) is 16.7 Å². The molecule has 0 N–H and O–H groups in total. The van der Waals surface area contributed by atoms with Crippen LogP contribution in [0, 0.1) is 5.41 Å². The van der Waals surface area contributed by atoms with Gasteiger partial charge >= 0.3 is 0 Å². The van der Waals surface area contributed by atoms with Gasteiger partial charge in [0.25, 0.3) is 0 Å². The van der Waals surface area contributed by atoms with Crippen molar-refractivity contribution >= 4 is 29.3 Å². The predicted molar refractivity (Wildman–Crippen MR) is 67.3 cm³/mol. The smallest absolute Gasteiger partial charge is 0.0912 e. The van der Waals surface area contributed by atoms with Crippen LogP contribution >= 0.6 is 23.2 Å². The van der Waals surface area contributed by atoms with E-state index < -0.39 is 4.33 Å². The molecule has 1 aliphatic carbocycles. The van der Waals surface area contributed by atoms with Crippen LogP contribution in [-0.4, -0.2) is 0 Å². The van der Waals surface area contributed by atoms with E-state index in [-0.39, 0.29) is 5.41 Å². The molecule has 0 heterocycles.